The molecule has 23 heavy (non-hydrogen) atoms. The smallest absolute Gasteiger partial charge is 0.276 e. The average Bonchev–Trinajstić information content (AvgIpc) is 3.21. The highest BCUT2D eigenvalue weighted by atomic mass is 16.1. The lowest BCUT2D eigenvalue weighted by atomic mass is 10.2. The van der Waals surface area contributed by atoms with Gasteiger partial charge in [0.15, 0.2) is 5.69 Å². The second kappa shape index (κ2) is 6.87. The van der Waals surface area contributed by atoms with Crippen molar-refractivity contribution < 1.29 is 4.79 Å². The van der Waals surface area contributed by atoms with Gasteiger partial charge in [-0.3, -0.25) is 9.89 Å². The summed E-state index contributed by atoms with van der Waals surface area (Å²) in [5.74, 6) is -0.215. The number of anilines is 1. The number of hydrogen-bond donors (Lipinski definition) is 2. The highest BCUT2D eigenvalue weighted by molar-refractivity contribution is 6.02. The first kappa shape index (κ1) is 15.0. The van der Waals surface area contributed by atoms with Crippen LogP contribution in [0, 0.1) is 0 Å². The Morgan fingerprint density at radius 1 is 1.30 bits per heavy atom. The number of hydrogen-bond acceptors (Lipinski definition) is 4. The maximum absolute atomic E-state index is 12.2. The fourth-order valence-corrected chi connectivity index (χ4v) is 2.27. The van der Waals surface area contributed by atoms with Gasteiger partial charge < -0.3 is 5.32 Å². The number of carbonyl (C=O) groups is 1. The van der Waals surface area contributed by atoms with Crippen LogP contribution in [0.1, 0.15) is 35.1 Å². The Kier molecular flexibility index (Phi) is 4.46. The molecular weight excluding hydrogens is 292 g/mol. The average molecular weight is 310 g/mol. The van der Waals surface area contributed by atoms with E-state index in [1.807, 2.05) is 24.3 Å². The van der Waals surface area contributed by atoms with Crippen molar-refractivity contribution in [1.29, 1.82) is 0 Å². The zero-order valence-electron chi connectivity index (χ0n) is 12.9. The summed E-state index contributed by atoms with van der Waals surface area (Å²) in [5, 5.41) is 13.8. The molecule has 3 aromatic rings. The number of carbonyl (C=O) groups excluding carboxylic acids is 1. The number of aryl methyl sites for hydroxylation is 1. The molecular formula is C16H18N6O. The molecule has 0 atom stereocenters. The number of benzene rings is 1. The summed E-state index contributed by atoms with van der Waals surface area (Å²) in [7, 11) is 0. The van der Waals surface area contributed by atoms with E-state index in [2.05, 4.69) is 32.5 Å². The number of amides is 1. The molecule has 0 aliphatic heterocycles. The predicted molar refractivity (Wildman–Crippen MR) is 86.1 cm³/mol. The van der Waals surface area contributed by atoms with Crippen LogP contribution in [-0.2, 0) is 13.0 Å². The number of aromatic amines is 1. The quantitative estimate of drug-likeness (QED) is 0.731. The summed E-state index contributed by atoms with van der Waals surface area (Å²) in [6.07, 6.45) is 5.07. The van der Waals surface area contributed by atoms with Gasteiger partial charge in [0, 0.05) is 11.4 Å². The molecule has 0 unspecified atom stereocenters. The van der Waals surface area contributed by atoms with Crippen molar-refractivity contribution in [2.24, 2.45) is 0 Å². The Morgan fingerprint density at radius 3 is 2.83 bits per heavy atom. The summed E-state index contributed by atoms with van der Waals surface area (Å²) in [6.45, 7) is 2.73. The third-order valence-corrected chi connectivity index (χ3v) is 3.41. The summed E-state index contributed by atoms with van der Waals surface area (Å²) in [4.78, 5) is 16.1. The van der Waals surface area contributed by atoms with Gasteiger partial charge in [0.2, 0.25) is 0 Å². The van der Waals surface area contributed by atoms with E-state index in [0.29, 0.717) is 12.2 Å². The fourth-order valence-electron chi connectivity index (χ4n) is 2.27. The topological polar surface area (TPSA) is 88.5 Å². The summed E-state index contributed by atoms with van der Waals surface area (Å²) >= 11 is 0. The first-order valence-corrected chi connectivity index (χ1v) is 7.51. The molecule has 0 fully saturated rings. The highest BCUT2D eigenvalue weighted by Gasteiger charge is 2.10. The molecule has 118 valence electrons. The molecule has 0 spiro atoms. The minimum Gasteiger partial charge on any atom is -0.321 e. The van der Waals surface area contributed by atoms with Crippen molar-refractivity contribution in [2.75, 3.05) is 5.32 Å². The Hall–Kier alpha value is -2.96. The molecule has 1 amide bonds. The van der Waals surface area contributed by atoms with E-state index in [1.54, 1.807) is 17.1 Å². The molecule has 0 saturated carbocycles. The second-order valence-corrected chi connectivity index (χ2v) is 5.27. The molecule has 0 radical (unpaired) electrons. The number of rotatable bonds is 6. The van der Waals surface area contributed by atoms with Crippen molar-refractivity contribution in [3.8, 4) is 0 Å². The molecule has 0 bridgehead atoms. The first-order valence-electron chi connectivity index (χ1n) is 7.51. The lowest BCUT2D eigenvalue weighted by Crippen LogP contribution is -2.12. The lowest BCUT2D eigenvalue weighted by molar-refractivity contribution is 0.102. The standard InChI is InChI=1S/C16H18N6O/c1-2-3-14-8-15(21-20-14)16(23)19-13-6-4-12(5-7-13)9-22-11-17-10-18-22/h4-8,10-11H,2-3,9H2,1H3,(H,19,23)(H,20,21). The number of H-pyrrole nitrogens is 1. The number of aromatic nitrogens is 5. The monoisotopic (exact) mass is 310 g/mol. The van der Waals surface area contributed by atoms with Gasteiger partial charge in [-0.15, -0.1) is 0 Å². The predicted octanol–water partition coefficient (Wildman–Crippen LogP) is 2.25. The van der Waals surface area contributed by atoms with Crippen LogP contribution in [0.2, 0.25) is 0 Å². The normalized spacial score (nSPS) is 10.7. The Bertz CT molecular complexity index is 760. The number of nitrogens with one attached hydrogen (secondary N) is 2. The molecule has 3 rings (SSSR count). The highest BCUT2D eigenvalue weighted by Crippen LogP contribution is 2.12. The van der Waals surface area contributed by atoms with Crippen LogP contribution in [-0.4, -0.2) is 30.9 Å². The molecule has 1 aromatic carbocycles. The zero-order chi connectivity index (χ0) is 16.1. The second-order valence-electron chi connectivity index (χ2n) is 5.27. The summed E-state index contributed by atoms with van der Waals surface area (Å²) < 4.78 is 1.74. The van der Waals surface area contributed by atoms with Crippen LogP contribution in [0.4, 0.5) is 5.69 Å². The maximum Gasteiger partial charge on any atom is 0.276 e. The van der Waals surface area contributed by atoms with Gasteiger partial charge in [-0.1, -0.05) is 25.5 Å². The molecule has 0 saturated heterocycles. The van der Waals surface area contributed by atoms with Gasteiger partial charge in [-0.2, -0.15) is 10.2 Å². The van der Waals surface area contributed by atoms with Crippen molar-refractivity contribution in [3.63, 3.8) is 0 Å². The zero-order valence-corrected chi connectivity index (χ0v) is 12.9. The van der Waals surface area contributed by atoms with E-state index < -0.39 is 0 Å². The number of nitrogens with zero attached hydrogens (tertiary/aromatic N) is 4. The van der Waals surface area contributed by atoms with E-state index in [4.69, 9.17) is 0 Å². The van der Waals surface area contributed by atoms with Crippen molar-refractivity contribution in [2.45, 2.75) is 26.3 Å². The van der Waals surface area contributed by atoms with Gasteiger partial charge in [0.1, 0.15) is 12.7 Å². The van der Waals surface area contributed by atoms with Crippen LogP contribution in [0.3, 0.4) is 0 Å². The third-order valence-electron chi connectivity index (χ3n) is 3.41. The molecule has 0 aliphatic carbocycles. The fraction of sp³-hybridized carbons (Fsp3) is 0.250. The first-order chi connectivity index (χ1) is 11.2. The van der Waals surface area contributed by atoms with E-state index in [9.17, 15) is 4.79 Å². The van der Waals surface area contributed by atoms with Crippen LogP contribution >= 0.6 is 0 Å². The Labute approximate surface area is 133 Å². The Morgan fingerprint density at radius 2 is 2.13 bits per heavy atom. The van der Waals surface area contributed by atoms with E-state index in [-0.39, 0.29) is 5.91 Å². The van der Waals surface area contributed by atoms with Crippen LogP contribution in [0.15, 0.2) is 43.0 Å². The minimum atomic E-state index is -0.215. The van der Waals surface area contributed by atoms with Crippen LogP contribution in [0.5, 0.6) is 0 Å². The maximum atomic E-state index is 12.2. The minimum absolute atomic E-state index is 0.215. The third kappa shape index (κ3) is 3.82. The molecule has 7 heteroatoms. The SMILES string of the molecule is CCCc1cc(C(=O)Nc2ccc(Cn3cncn3)cc2)n[nH]1. The molecule has 2 N–H and O–H groups in total. The molecule has 2 aromatic heterocycles. The van der Waals surface area contributed by atoms with E-state index >= 15 is 0 Å². The molecule has 7 nitrogen and oxygen atoms in total. The molecule has 0 aliphatic rings. The van der Waals surface area contributed by atoms with Gasteiger partial charge >= 0.3 is 0 Å². The molecule has 2 heterocycles. The summed E-state index contributed by atoms with van der Waals surface area (Å²) in [5.41, 5.74) is 3.19. The van der Waals surface area contributed by atoms with Gasteiger partial charge in [0.25, 0.3) is 5.91 Å². The Balaban J connectivity index is 1.61. The lowest BCUT2D eigenvalue weighted by Gasteiger charge is -2.05. The van der Waals surface area contributed by atoms with Crippen molar-refractivity contribution in [1.82, 2.24) is 25.0 Å². The van der Waals surface area contributed by atoms with E-state index in [0.717, 1.165) is 29.8 Å². The van der Waals surface area contributed by atoms with Crippen LogP contribution in [0.25, 0.3) is 0 Å². The van der Waals surface area contributed by atoms with E-state index in [1.165, 1.54) is 6.33 Å². The summed E-state index contributed by atoms with van der Waals surface area (Å²) in [6, 6.07) is 9.42. The largest absolute Gasteiger partial charge is 0.321 e. The van der Waals surface area contributed by atoms with Gasteiger partial charge in [0.05, 0.1) is 6.54 Å². The van der Waals surface area contributed by atoms with Gasteiger partial charge in [-0.25, -0.2) is 9.67 Å². The van der Waals surface area contributed by atoms with Crippen molar-refractivity contribution in [3.05, 3.63) is 59.9 Å². The van der Waals surface area contributed by atoms with Crippen molar-refractivity contribution >= 4 is 11.6 Å². The van der Waals surface area contributed by atoms with Gasteiger partial charge in [-0.05, 0) is 30.2 Å². The van der Waals surface area contributed by atoms with Crippen LogP contribution < -0.4 is 5.32 Å².